The molecule has 45 heavy (non-hydrogen) atoms. The molecule has 4 heterocycles. The van der Waals surface area contributed by atoms with Gasteiger partial charge in [-0.3, -0.25) is 4.98 Å². The molecule has 0 atom stereocenters. The molecule has 0 amide bonds. The van der Waals surface area contributed by atoms with Crippen molar-refractivity contribution in [3.05, 3.63) is 146 Å². The Labute approximate surface area is 258 Å². The highest BCUT2D eigenvalue weighted by atomic mass is 16.3. The summed E-state index contributed by atoms with van der Waals surface area (Å²) in [5.74, 6) is 0.645. The van der Waals surface area contributed by atoms with Gasteiger partial charge in [-0.1, -0.05) is 109 Å². The molecule has 9 rings (SSSR count). The van der Waals surface area contributed by atoms with E-state index in [1.54, 1.807) is 0 Å². The van der Waals surface area contributed by atoms with Crippen LogP contribution < -0.4 is 0 Å². The summed E-state index contributed by atoms with van der Waals surface area (Å²) in [6.45, 7) is 0. The fourth-order valence-electron chi connectivity index (χ4n) is 6.15. The van der Waals surface area contributed by atoms with Crippen molar-refractivity contribution in [3.63, 3.8) is 0 Å². The van der Waals surface area contributed by atoms with Crippen LogP contribution in [0.25, 0.3) is 88.9 Å². The molecule has 4 aromatic heterocycles. The predicted molar refractivity (Wildman–Crippen MR) is 182 cm³/mol. The van der Waals surface area contributed by atoms with Crippen molar-refractivity contribution >= 4 is 43.7 Å². The Hall–Kier alpha value is -6.20. The van der Waals surface area contributed by atoms with Gasteiger partial charge in [-0.2, -0.15) is 0 Å². The highest BCUT2D eigenvalue weighted by Gasteiger charge is 2.18. The standard InChI is InChI=1S/C40H24N4O/c1-2-11-25(12-3-1)36-39-38(32-18-7-9-20-35(32)45-39)44-40(43-36)27-14-10-13-26(23-27)28-21-22-34(41-24-28)37-31-17-5-4-15-29(31)30-16-6-8-19-33(30)42-37/h1-24H. The Morgan fingerprint density at radius 1 is 0.444 bits per heavy atom. The van der Waals surface area contributed by atoms with Crippen LogP contribution in [0.5, 0.6) is 0 Å². The fourth-order valence-corrected chi connectivity index (χ4v) is 6.15. The van der Waals surface area contributed by atoms with E-state index in [9.17, 15) is 0 Å². The first-order chi connectivity index (χ1) is 22.3. The quantitative estimate of drug-likeness (QED) is 0.195. The summed E-state index contributed by atoms with van der Waals surface area (Å²) in [7, 11) is 0. The maximum atomic E-state index is 6.28. The summed E-state index contributed by atoms with van der Waals surface area (Å²) in [4.78, 5) is 20.0. The number of pyridine rings is 2. The van der Waals surface area contributed by atoms with Gasteiger partial charge in [0.1, 0.15) is 16.8 Å². The SMILES string of the molecule is c1ccc(-c2nc(-c3cccc(-c4ccc(-c5nc6ccccc6c6ccccc56)nc4)c3)nc3c2oc2ccccc23)cc1. The zero-order valence-electron chi connectivity index (χ0n) is 24.1. The lowest BCUT2D eigenvalue weighted by Gasteiger charge is -2.10. The number of benzene rings is 5. The van der Waals surface area contributed by atoms with Crippen molar-refractivity contribution in [2.45, 2.75) is 0 Å². The second kappa shape index (κ2) is 10.2. The topological polar surface area (TPSA) is 64.7 Å². The van der Waals surface area contributed by atoms with Crippen molar-refractivity contribution < 1.29 is 4.42 Å². The second-order valence-corrected chi connectivity index (χ2v) is 11.1. The molecule has 0 aliphatic heterocycles. The summed E-state index contributed by atoms with van der Waals surface area (Å²) in [6.07, 6.45) is 1.92. The van der Waals surface area contributed by atoms with E-state index < -0.39 is 0 Å². The summed E-state index contributed by atoms with van der Waals surface area (Å²) in [5.41, 5.74) is 9.69. The van der Waals surface area contributed by atoms with Crippen LogP contribution in [0.1, 0.15) is 0 Å². The zero-order valence-corrected chi connectivity index (χ0v) is 24.1. The first-order valence-electron chi connectivity index (χ1n) is 14.9. The number of aromatic nitrogens is 4. The minimum Gasteiger partial charge on any atom is -0.452 e. The van der Waals surface area contributed by atoms with Crippen molar-refractivity contribution in [2.24, 2.45) is 0 Å². The lowest BCUT2D eigenvalue weighted by molar-refractivity contribution is 0.667. The van der Waals surface area contributed by atoms with Gasteiger partial charge in [-0.15, -0.1) is 0 Å². The lowest BCUT2D eigenvalue weighted by atomic mass is 10.0. The number of nitrogens with zero attached hydrogens (tertiary/aromatic N) is 4. The van der Waals surface area contributed by atoms with E-state index >= 15 is 0 Å². The van der Waals surface area contributed by atoms with Gasteiger partial charge in [0, 0.05) is 39.0 Å². The third-order valence-electron chi connectivity index (χ3n) is 8.34. The van der Waals surface area contributed by atoms with E-state index in [4.69, 9.17) is 24.4 Å². The minimum absolute atomic E-state index is 0.645. The highest BCUT2D eigenvalue weighted by molar-refractivity contribution is 6.10. The van der Waals surface area contributed by atoms with Gasteiger partial charge in [0.25, 0.3) is 0 Å². The van der Waals surface area contributed by atoms with E-state index in [2.05, 4.69) is 84.9 Å². The Balaban J connectivity index is 1.14. The van der Waals surface area contributed by atoms with Crippen LogP contribution in [-0.2, 0) is 0 Å². The van der Waals surface area contributed by atoms with Crippen molar-refractivity contribution in [1.82, 2.24) is 19.9 Å². The lowest BCUT2D eigenvalue weighted by Crippen LogP contribution is -1.94. The van der Waals surface area contributed by atoms with Gasteiger partial charge in [-0.05, 0) is 41.3 Å². The number of hydrogen-bond donors (Lipinski definition) is 0. The molecule has 5 heteroatoms. The van der Waals surface area contributed by atoms with Crippen LogP contribution in [-0.4, -0.2) is 19.9 Å². The van der Waals surface area contributed by atoms with E-state index in [1.807, 2.05) is 60.8 Å². The first kappa shape index (κ1) is 25.3. The average molecular weight is 577 g/mol. The van der Waals surface area contributed by atoms with Crippen LogP contribution in [0.3, 0.4) is 0 Å². The molecule has 0 bridgehead atoms. The first-order valence-corrected chi connectivity index (χ1v) is 14.9. The van der Waals surface area contributed by atoms with E-state index in [1.165, 1.54) is 5.39 Å². The van der Waals surface area contributed by atoms with Crippen LogP contribution in [0.15, 0.2) is 150 Å². The van der Waals surface area contributed by atoms with Crippen molar-refractivity contribution in [1.29, 1.82) is 0 Å². The van der Waals surface area contributed by atoms with Crippen LogP contribution in [0, 0.1) is 0 Å². The van der Waals surface area contributed by atoms with Crippen molar-refractivity contribution in [2.75, 3.05) is 0 Å². The number of hydrogen-bond acceptors (Lipinski definition) is 5. The Bertz CT molecular complexity index is 2540. The Kier molecular flexibility index (Phi) is 5.74. The molecular weight excluding hydrogens is 552 g/mol. The molecule has 210 valence electrons. The van der Waals surface area contributed by atoms with Crippen LogP contribution in [0.2, 0.25) is 0 Å². The monoisotopic (exact) mass is 576 g/mol. The Morgan fingerprint density at radius 2 is 1.16 bits per heavy atom. The van der Waals surface area contributed by atoms with Crippen LogP contribution in [0.4, 0.5) is 0 Å². The number of fused-ring (bicyclic) bond motifs is 6. The summed E-state index contributed by atoms with van der Waals surface area (Å²) < 4.78 is 6.28. The molecule has 0 N–H and O–H groups in total. The zero-order chi connectivity index (χ0) is 29.7. The molecule has 0 saturated heterocycles. The molecule has 0 radical (unpaired) electrons. The molecule has 0 fully saturated rings. The third kappa shape index (κ3) is 4.25. The number of para-hydroxylation sites is 2. The minimum atomic E-state index is 0.645. The molecule has 0 spiro atoms. The second-order valence-electron chi connectivity index (χ2n) is 11.1. The van der Waals surface area contributed by atoms with Crippen LogP contribution >= 0.6 is 0 Å². The number of furan rings is 1. The smallest absolute Gasteiger partial charge is 0.180 e. The van der Waals surface area contributed by atoms with E-state index in [0.29, 0.717) is 11.4 Å². The number of rotatable bonds is 4. The molecule has 0 aliphatic carbocycles. The molecule has 9 aromatic rings. The van der Waals surface area contributed by atoms with E-state index in [0.717, 1.165) is 72.1 Å². The van der Waals surface area contributed by atoms with Gasteiger partial charge >= 0.3 is 0 Å². The molecular formula is C40H24N4O. The van der Waals surface area contributed by atoms with Crippen molar-refractivity contribution in [3.8, 4) is 45.2 Å². The summed E-state index contributed by atoms with van der Waals surface area (Å²) in [5, 5.41) is 4.38. The highest BCUT2D eigenvalue weighted by Crippen LogP contribution is 2.36. The van der Waals surface area contributed by atoms with Gasteiger partial charge in [0.05, 0.1) is 16.9 Å². The average Bonchev–Trinajstić information content (AvgIpc) is 3.50. The largest absolute Gasteiger partial charge is 0.452 e. The Morgan fingerprint density at radius 3 is 2.00 bits per heavy atom. The fraction of sp³-hybridized carbons (Fsp3) is 0. The summed E-state index contributed by atoms with van der Waals surface area (Å²) in [6, 6.07) is 47.3. The normalized spacial score (nSPS) is 11.6. The molecule has 5 nitrogen and oxygen atoms in total. The van der Waals surface area contributed by atoms with Gasteiger partial charge in [-0.25, -0.2) is 15.0 Å². The molecule has 0 aliphatic rings. The third-order valence-corrected chi connectivity index (χ3v) is 8.34. The summed E-state index contributed by atoms with van der Waals surface area (Å²) >= 11 is 0. The molecule has 0 unspecified atom stereocenters. The van der Waals surface area contributed by atoms with Gasteiger partial charge in [0.15, 0.2) is 11.4 Å². The molecule has 0 saturated carbocycles. The van der Waals surface area contributed by atoms with Gasteiger partial charge in [0.2, 0.25) is 0 Å². The molecule has 5 aromatic carbocycles. The maximum absolute atomic E-state index is 6.28. The van der Waals surface area contributed by atoms with E-state index in [-0.39, 0.29) is 0 Å². The van der Waals surface area contributed by atoms with Gasteiger partial charge < -0.3 is 4.42 Å². The predicted octanol–water partition coefficient (Wildman–Crippen LogP) is 10.1. The maximum Gasteiger partial charge on any atom is 0.180 e.